The van der Waals surface area contributed by atoms with Crippen molar-refractivity contribution in [1.29, 1.82) is 0 Å². The van der Waals surface area contributed by atoms with Crippen molar-refractivity contribution in [3.8, 4) is 0 Å². The van der Waals surface area contributed by atoms with Gasteiger partial charge in [0.05, 0.1) is 18.8 Å². The molecule has 0 saturated carbocycles. The second kappa shape index (κ2) is 9.41. The number of esters is 2. The maximum Gasteiger partial charge on any atom is 0.417 e. The monoisotopic (exact) mass is 480 g/mol. The number of carbonyl (C=O) groups excluding carboxylic acids is 2. The van der Waals surface area contributed by atoms with Crippen LogP contribution in [0.3, 0.4) is 0 Å². The molecule has 0 N–H and O–H groups in total. The van der Waals surface area contributed by atoms with Gasteiger partial charge in [-0.1, -0.05) is 72.8 Å². The first kappa shape index (κ1) is 24.3. The van der Waals surface area contributed by atoms with Crippen LogP contribution in [0, 0.1) is 0 Å². The number of benzene rings is 3. The van der Waals surface area contributed by atoms with Crippen LogP contribution in [0.25, 0.3) is 11.1 Å². The van der Waals surface area contributed by atoms with Crippen molar-refractivity contribution in [3.63, 3.8) is 0 Å². The number of rotatable bonds is 6. The van der Waals surface area contributed by atoms with Crippen molar-refractivity contribution in [2.75, 3.05) is 13.2 Å². The predicted molar refractivity (Wildman–Crippen MR) is 125 cm³/mol. The minimum Gasteiger partial charge on any atom is -0.465 e. The highest BCUT2D eigenvalue weighted by Crippen LogP contribution is 2.56. The lowest BCUT2D eigenvalue weighted by Crippen LogP contribution is -2.46. The Kier molecular flexibility index (Phi) is 6.52. The van der Waals surface area contributed by atoms with Gasteiger partial charge in [0.15, 0.2) is 0 Å². The summed E-state index contributed by atoms with van der Waals surface area (Å²) in [5.41, 5.74) is -1.89. The maximum atomic E-state index is 14.2. The lowest BCUT2D eigenvalue weighted by molar-refractivity contribution is -0.161. The highest BCUT2D eigenvalue weighted by Gasteiger charge is 2.60. The molecule has 0 fully saturated rings. The molecule has 0 atom stereocenters. The normalized spacial score (nSPS) is 14.4. The Morgan fingerprint density at radius 2 is 1.26 bits per heavy atom. The fourth-order valence-electron chi connectivity index (χ4n) is 4.66. The summed E-state index contributed by atoms with van der Waals surface area (Å²) < 4.78 is 53.2. The van der Waals surface area contributed by atoms with E-state index >= 15 is 0 Å². The van der Waals surface area contributed by atoms with E-state index in [1.165, 1.54) is 18.2 Å². The van der Waals surface area contributed by atoms with Gasteiger partial charge in [0.1, 0.15) is 0 Å². The van der Waals surface area contributed by atoms with E-state index < -0.39 is 29.1 Å². The minimum atomic E-state index is -4.67. The lowest BCUT2D eigenvalue weighted by atomic mass is 9.74. The summed E-state index contributed by atoms with van der Waals surface area (Å²) in [6, 6.07) is 20.1. The third kappa shape index (κ3) is 3.91. The van der Waals surface area contributed by atoms with E-state index in [1.54, 1.807) is 68.4 Å². The molecule has 0 aromatic heterocycles. The fourth-order valence-corrected chi connectivity index (χ4v) is 4.66. The zero-order chi connectivity index (χ0) is 25.2. The minimum absolute atomic E-state index is 0.0291. The van der Waals surface area contributed by atoms with Gasteiger partial charge in [-0.25, -0.2) is 0 Å². The van der Waals surface area contributed by atoms with Crippen molar-refractivity contribution >= 4 is 23.1 Å². The average Bonchev–Trinajstić information content (AvgIpc) is 3.16. The van der Waals surface area contributed by atoms with E-state index in [0.29, 0.717) is 11.1 Å². The standard InChI is InChI=1S/C28H23F3O4/c1-3-34-25(32)27(26(33)35-4-2)21-16-10-8-14-19(21)23(24(27)18-12-6-5-7-13-18)20-15-9-11-17-22(20)28(29,30)31/h5-17H,3-4H2,1-2H3. The Morgan fingerprint density at radius 1 is 0.743 bits per heavy atom. The van der Waals surface area contributed by atoms with Gasteiger partial charge in [-0.2, -0.15) is 13.2 Å². The van der Waals surface area contributed by atoms with E-state index in [-0.39, 0.29) is 35.5 Å². The van der Waals surface area contributed by atoms with Crippen molar-refractivity contribution in [2.45, 2.75) is 25.4 Å². The first-order valence-electron chi connectivity index (χ1n) is 11.2. The third-order valence-electron chi connectivity index (χ3n) is 5.95. The van der Waals surface area contributed by atoms with Crippen LogP contribution in [0.4, 0.5) is 13.2 Å². The van der Waals surface area contributed by atoms with Gasteiger partial charge < -0.3 is 9.47 Å². The quantitative estimate of drug-likeness (QED) is 0.319. The van der Waals surface area contributed by atoms with Gasteiger partial charge in [0, 0.05) is 5.57 Å². The van der Waals surface area contributed by atoms with Crippen LogP contribution in [0.5, 0.6) is 0 Å². The summed E-state index contributed by atoms with van der Waals surface area (Å²) in [5, 5.41) is 0. The van der Waals surface area contributed by atoms with Crippen LogP contribution in [-0.4, -0.2) is 25.2 Å². The molecule has 3 aromatic carbocycles. The van der Waals surface area contributed by atoms with E-state index in [0.717, 1.165) is 6.07 Å². The number of fused-ring (bicyclic) bond motifs is 1. The van der Waals surface area contributed by atoms with Gasteiger partial charge in [0.2, 0.25) is 5.41 Å². The Balaban J connectivity index is 2.23. The number of carbonyl (C=O) groups is 2. The Hall–Kier alpha value is -3.87. The number of hydrogen-bond donors (Lipinski definition) is 0. The van der Waals surface area contributed by atoms with Crippen molar-refractivity contribution in [1.82, 2.24) is 0 Å². The second-order valence-corrected chi connectivity index (χ2v) is 7.90. The molecule has 1 aliphatic rings. The lowest BCUT2D eigenvalue weighted by Gasteiger charge is -2.29. The molecule has 0 bridgehead atoms. The summed E-state index contributed by atoms with van der Waals surface area (Å²) >= 11 is 0. The number of hydrogen-bond acceptors (Lipinski definition) is 4. The molecule has 4 rings (SSSR count). The van der Waals surface area contributed by atoms with Crippen LogP contribution in [0.15, 0.2) is 78.9 Å². The largest absolute Gasteiger partial charge is 0.465 e. The molecule has 1 aliphatic carbocycles. The first-order valence-corrected chi connectivity index (χ1v) is 11.2. The molecule has 0 unspecified atom stereocenters. The van der Waals surface area contributed by atoms with Gasteiger partial charge in [-0.05, 0) is 47.7 Å². The van der Waals surface area contributed by atoms with E-state index in [4.69, 9.17) is 9.47 Å². The molecule has 4 nitrogen and oxygen atoms in total. The van der Waals surface area contributed by atoms with Crippen molar-refractivity contribution in [3.05, 3.63) is 107 Å². The molecular weight excluding hydrogens is 457 g/mol. The second-order valence-electron chi connectivity index (χ2n) is 7.90. The molecule has 0 amide bonds. The van der Waals surface area contributed by atoms with E-state index in [9.17, 15) is 22.8 Å². The van der Waals surface area contributed by atoms with Crippen molar-refractivity contribution < 1.29 is 32.2 Å². The summed E-state index contributed by atoms with van der Waals surface area (Å²) in [6.45, 7) is 3.14. The van der Waals surface area contributed by atoms with Crippen LogP contribution < -0.4 is 0 Å². The molecule has 0 radical (unpaired) electrons. The zero-order valence-corrected chi connectivity index (χ0v) is 19.2. The molecule has 35 heavy (non-hydrogen) atoms. The molecular formula is C28H23F3O4. The van der Waals surface area contributed by atoms with Crippen LogP contribution >= 0.6 is 0 Å². The van der Waals surface area contributed by atoms with Gasteiger partial charge in [-0.3, -0.25) is 9.59 Å². The highest BCUT2D eigenvalue weighted by molar-refractivity contribution is 6.27. The zero-order valence-electron chi connectivity index (χ0n) is 19.2. The average molecular weight is 480 g/mol. The summed E-state index contributed by atoms with van der Waals surface area (Å²) in [4.78, 5) is 27.4. The summed E-state index contributed by atoms with van der Waals surface area (Å²) in [6.07, 6.45) is -4.67. The molecule has 7 heteroatoms. The van der Waals surface area contributed by atoms with Gasteiger partial charge in [-0.15, -0.1) is 0 Å². The van der Waals surface area contributed by atoms with Crippen molar-refractivity contribution in [2.24, 2.45) is 0 Å². The van der Waals surface area contributed by atoms with Gasteiger partial charge in [0.25, 0.3) is 0 Å². The first-order chi connectivity index (χ1) is 16.8. The maximum absolute atomic E-state index is 14.2. The van der Waals surface area contributed by atoms with Crippen LogP contribution in [-0.2, 0) is 30.7 Å². The Bertz CT molecular complexity index is 1270. The third-order valence-corrected chi connectivity index (χ3v) is 5.95. The molecule has 0 heterocycles. The van der Waals surface area contributed by atoms with Gasteiger partial charge >= 0.3 is 18.1 Å². The SMILES string of the molecule is CCOC(=O)C1(C(=O)OCC)C(c2ccccc2)=C(c2ccccc2C(F)(F)F)c2ccccc21. The smallest absolute Gasteiger partial charge is 0.417 e. The summed E-state index contributed by atoms with van der Waals surface area (Å²) in [5.74, 6) is -1.80. The summed E-state index contributed by atoms with van der Waals surface area (Å²) in [7, 11) is 0. The topological polar surface area (TPSA) is 52.6 Å². The predicted octanol–water partition coefficient (Wildman–Crippen LogP) is 6.04. The Labute approximate surface area is 201 Å². The van der Waals surface area contributed by atoms with E-state index in [1.807, 2.05) is 0 Å². The highest BCUT2D eigenvalue weighted by atomic mass is 19.4. The van der Waals surface area contributed by atoms with Crippen LogP contribution in [0.1, 0.15) is 41.7 Å². The molecule has 180 valence electrons. The van der Waals surface area contributed by atoms with E-state index in [2.05, 4.69) is 0 Å². The Morgan fingerprint density at radius 3 is 1.83 bits per heavy atom. The molecule has 3 aromatic rings. The molecule has 0 spiro atoms. The van der Waals surface area contributed by atoms with Crippen LogP contribution in [0.2, 0.25) is 0 Å². The fraction of sp³-hybridized carbons (Fsp3) is 0.214. The number of halogens is 3. The molecule has 0 aliphatic heterocycles. The number of alkyl halides is 3. The number of ether oxygens (including phenoxy) is 2. The molecule has 0 saturated heterocycles.